The zero-order valence-electron chi connectivity index (χ0n) is 6.24. The van der Waals surface area contributed by atoms with E-state index in [0.717, 1.165) is 6.54 Å². The molecule has 1 aromatic rings. The fourth-order valence-corrected chi connectivity index (χ4v) is 1.75. The number of nitrogens with zero attached hydrogens (tertiary/aromatic N) is 2. The summed E-state index contributed by atoms with van der Waals surface area (Å²) in [7, 11) is 1.77. The first-order valence-corrected chi connectivity index (χ1v) is 4.32. The second-order valence-corrected chi connectivity index (χ2v) is 3.21. The highest BCUT2D eigenvalue weighted by Gasteiger charge is 2.23. The molecule has 5 heteroatoms. The Morgan fingerprint density at radius 3 is 2.09 bits per heavy atom. The van der Waals surface area contributed by atoms with Gasteiger partial charge in [-0.15, -0.1) is 0 Å². The fraction of sp³-hybridized carbons (Fsp3) is 0.500. The summed E-state index contributed by atoms with van der Waals surface area (Å²) in [6.45, 7) is 2.67. The van der Waals surface area contributed by atoms with Crippen molar-refractivity contribution in [1.29, 1.82) is 0 Å². The van der Waals surface area contributed by atoms with Crippen molar-refractivity contribution >= 4 is 34.8 Å². The van der Waals surface area contributed by atoms with Gasteiger partial charge >= 0.3 is 5.28 Å². The zero-order valence-corrected chi connectivity index (χ0v) is 8.50. The molecule has 62 valence electrons. The van der Waals surface area contributed by atoms with Crippen molar-refractivity contribution in [2.45, 2.75) is 13.5 Å². The average molecular weight is 215 g/mol. The number of halogens is 3. The molecule has 1 rings (SSSR count). The third-order valence-electron chi connectivity index (χ3n) is 1.52. The molecular formula is C6H8Cl3N2+. The maximum absolute atomic E-state index is 5.88. The Labute approximate surface area is 80.3 Å². The topological polar surface area (TPSA) is 8.81 Å². The molecular weight excluding hydrogens is 206 g/mol. The highest BCUT2D eigenvalue weighted by atomic mass is 35.5. The van der Waals surface area contributed by atoms with Gasteiger partial charge in [0.05, 0.1) is 13.6 Å². The Bertz CT molecular complexity index is 254. The summed E-state index contributed by atoms with van der Waals surface area (Å²) in [5.41, 5.74) is 0. The summed E-state index contributed by atoms with van der Waals surface area (Å²) in [6.07, 6.45) is 0. The van der Waals surface area contributed by atoms with E-state index in [0.29, 0.717) is 15.6 Å². The van der Waals surface area contributed by atoms with Gasteiger partial charge in [-0.05, 0) is 30.1 Å². The van der Waals surface area contributed by atoms with E-state index >= 15 is 0 Å². The molecule has 0 unspecified atom stereocenters. The molecule has 0 aromatic carbocycles. The van der Waals surface area contributed by atoms with Crippen molar-refractivity contribution < 1.29 is 4.57 Å². The molecule has 0 saturated heterocycles. The average Bonchev–Trinajstić information content (AvgIpc) is 2.17. The lowest BCUT2D eigenvalue weighted by molar-refractivity contribution is -0.666. The Morgan fingerprint density at radius 1 is 1.36 bits per heavy atom. The molecule has 0 aliphatic carbocycles. The second kappa shape index (κ2) is 3.21. The molecule has 2 nitrogen and oxygen atoms in total. The highest BCUT2D eigenvalue weighted by molar-refractivity contribution is 6.40. The highest BCUT2D eigenvalue weighted by Crippen LogP contribution is 2.22. The first kappa shape index (κ1) is 9.17. The van der Waals surface area contributed by atoms with Crippen LogP contribution in [0, 0.1) is 0 Å². The molecule has 0 saturated carbocycles. The van der Waals surface area contributed by atoms with E-state index in [-0.39, 0.29) is 0 Å². The van der Waals surface area contributed by atoms with Gasteiger partial charge < -0.3 is 0 Å². The number of aromatic nitrogens is 2. The third-order valence-corrected chi connectivity index (χ3v) is 2.89. The Hall–Kier alpha value is 0.0800. The summed E-state index contributed by atoms with van der Waals surface area (Å²) in [6, 6.07) is 0. The lowest BCUT2D eigenvalue weighted by Gasteiger charge is -1.89. The van der Waals surface area contributed by atoms with Gasteiger partial charge in [-0.3, -0.25) is 0 Å². The molecule has 0 fully saturated rings. The van der Waals surface area contributed by atoms with Crippen LogP contribution in [0.1, 0.15) is 6.92 Å². The van der Waals surface area contributed by atoms with Gasteiger partial charge in [0.15, 0.2) is 0 Å². The van der Waals surface area contributed by atoms with Crippen LogP contribution < -0.4 is 4.57 Å². The van der Waals surface area contributed by atoms with E-state index in [9.17, 15) is 0 Å². The monoisotopic (exact) mass is 213 g/mol. The number of hydrogen-bond donors (Lipinski definition) is 0. The molecule has 1 heterocycles. The molecule has 0 spiro atoms. The first-order valence-electron chi connectivity index (χ1n) is 3.18. The largest absolute Gasteiger partial charge is 0.356 e. The molecule has 0 aliphatic rings. The SMILES string of the molecule is CCn1c(Cl)c(Cl)[n+](C)c1Cl. The van der Waals surface area contributed by atoms with Crippen LogP contribution in [0.3, 0.4) is 0 Å². The Balaban J connectivity index is 3.36. The van der Waals surface area contributed by atoms with E-state index in [4.69, 9.17) is 34.8 Å². The second-order valence-electron chi connectivity index (χ2n) is 2.15. The molecule has 1 aromatic heterocycles. The molecule has 0 N–H and O–H groups in total. The lowest BCUT2D eigenvalue weighted by Crippen LogP contribution is -2.28. The van der Waals surface area contributed by atoms with Gasteiger partial charge in [0.25, 0.3) is 10.3 Å². The smallest absolute Gasteiger partial charge is 0.205 e. The molecule has 11 heavy (non-hydrogen) atoms. The number of rotatable bonds is 1. The van der Waals surface area contributed by atoms with Gasteiger partial charge in [0.1, 0.15) is 0 Å². The summed E-state index contributed by atoms with van der Waals surface area (Å²) in [5.74, 6) is 0. The van der Waals surface area contributed by atoms with Crippen LogP contribution in [0.4, 0.5) is 0 Å². The van der Waals surface area contributed by atoms with Crippen LogP contribution in [0.25, 0.3) is 0 Å². The summed E-state index contributed by atoms with van der Waals surface area (Å²) >= 11 is 17.5. The minimum atomic E-state index is 0.471. The standard InChI is InChI=1S/C6H8Cl3N2/c1-3-11-5(8)4(7)10(2)6(11)9/h3H2,1-2H3/q+1. The molecule has 0 atom stereocenters. The van der Waals surface area contributed by atoms with E-state index in [1.807, 2.05) is 6.92 Å². The normalized spacial score (nSPS) is 10.6. The molecule has 0 bridgehead atoms. The van der Waals surface area contributed by atoms with Gasteiger partial charge in [-0.1, -0.05) is 0 Å². The number of imidazole rings is 1. The third kappa shape index (κ3) is 1.35. The van der Waals surface area contributed by atoms with Crippen molar-refractivity contribution in [3.8, 4) is 0 Å². The van der Waals surface area contributed by atoms with Gasteiger partial charge in [0.2, 0.25) is 0 Å². The van der Waals surface area contributed by atoms with Gasteiger partial charge in [-0.25, -0.2) is 9.13 Å². The van der Waals surface area contributed by atoms with Crippen LogP contribution in [0.5, 0.6) is 0 Å². The van der Waals surface area contributed by atoms with Crippen molar-refractivity contribution in [2.24, 2.45) is 7.05 Å². The minimum Gasteiger partial charge on any atom is -0.205 e. The van der Waals surface area contributed by atoms with Crippen LogP contribution in [0.2, 0.25) is 15.6 Å². The molecule has 0 radical (unpaired) electrons. The van der Waals surface area contributed by atoms with Crippen molar-refractivity contribution in [2.75, 3.05) is 0 Å². The predicted molar refractivity (Wildman–Crippen MR) is 46.3 cm³/mol. The summed E-state index contributed by atoms with van der Waals surface area (Å²) < 4.78 is 3.36. The first-order chi connectivity index (χ1) is 5.09. The van der Waals surface area contributed by atoms with E-state index in [1.165, 1.54) is 0 Å². The van der Waals surface area contributed by atoms with Gasteiger partial charge in [0, 0.05) is 11.6 Å². The van der Waals surface area contributed by atoms with Crippen LogP contribution >= 0.6 is 34.8 Å². The molecule has 0 amide bonds. The lowest BCUT2D eigenvalue weighted by atomic mass is 10.7. The Kier molecular flexibility index (Phi) is 2.68. The fourth-order valence-electron chi connectivity index (χ4n) is 0.862. The van der Waals surface area contributed by atoms with Crippen molar-refractivity contribution in [3.05, 3.63) is 15.6 Å². The quantitative estimate of drug-likeness (QED) is 0.635. The molecule has 0 aliphatic heterocycles. The maximum atomic E-state index is 5.88. The van der Waals surface area contributed by atoms with Crippen molar-refractivity contribution in [1.82, 2.24) is 4.57 Å². The van der Waals surface area contributed by atoms with Crippen LogP contribution in [-0.4, -0.2) is 4.57 Å². The van der Waals surface area contributed by atoms with E-state index < -0.39 is 0 Å². The summed E-state index contributed by atoms with van der Waals surface area (Å²) in [5, 5.41) is 1.50. The van der Waals surface area contributed by atoms with Crippen LogP contribution in [-0.2, 0) is 13.6 Å². The van der Waals surface area contributed by atoms with Gasteiger partial charge in [-0.2, -0.15) is 0 Å². The zero-order chi connectivity index (χ0) is 8.59. The summed E-state index contributed by atoms with van der Waals surface area (Å²) in [4.78, 5) is 0. The van der Waals surface area contributed by atoms with Crippen LogP contribution in [0.15, 0.2) is 0 Å². The minimum absolute atomic E-state index is 0.471. The number of hydrogen-bond acceptors (Lipinski definition) is 0. The van der Waals surface area contributed by atoms with Crippen molar-refractivity contribution in [3.63, 3.8) is 0 Å². The maximum Gasteiger partial charge on any atom is 0.356 e. The predicted octanol–water partition coefficient (Wildman–Crippen LogP) is 2.29. The van der Waals surface area contributed by atoms with E-state index in [1.54, 1.807) is 16.2 Å². The Morgan fingerprint density at radius 2 is 1.91 bits per heavy atom. The van der Waals surface area contributed by atoms with E-state index in [2.05, 4.69) is 0 Å².